The highest BCUT2D eigenvalue weighted by Crippen LogP contribution is 2.19. The fourth-order valence-corrected chi connectivity index (χ4v) is 2.11. The Morgan fingerprint density at radius 3 is 2.53 bits per heavy atom. The summed E-state index contributed by atoms with van der Waals surface area (Å²) in [4.78, 5) is 16.5. The Labute approximate surface area is 93.9 Å². The highest BCUT2D eigenvalue weighted by atomic mass is 32.1. The van der Waals surface area contributed by atoms with Gasteiger partial charge in [0.05, 0.1) is 5.69 Å². The molecule has 1 aromatic rings. The molecule has 1 heterocycles. The summed E-state index contributed by atoms with van der Waals surface area (Å²) in [7, 11) is 0. The molecule has 0 saturated heterocycles. The summed E-state index contributed by atoms with van der Waals surface area (Å²) in [6, 6.07) is 0.236. The maximum atomic E-state index is 11.8. The summed E-state index contributed by atoms with van der Waals surface area (Å²) in [5.74, 6) is -0.0598. The molecule has 0 saturated carbocycles. The second-order valence-corrected chi connectivity index (χ2v) is 4.48. The smallest absolute Gasteiger partial charge is 0.263 e. The molecule has 1 rings (SSSR count). The zero-order valence-corrected chi connectivity index (χ0v) is 10.1. The molecular weight excluding hydrogens is 210 g/mol. The SMILES string of the molecule is CCC(CC)NC(=O)c1sc(N)nc1C. The summed E-state index contributed by atoms with van der Waals surface area (Å²) < 4.78 is 0. The number of hydrogen-bond donors (Lipinski definition) is 2. The van der Waals surface area contributed by atoms with Gasteiger partial charge in [-0.2, -0.15) is 0 Å². The Hall–Kier alpha value is -1.10. The van der Waals surface area contributed by atoms with Crippen molar-refractivity contribution in [1.82, 2.24) is 10.3 Å². The fourth-order valence-electron chi connectivity index (χ4n) is 1.37. The minimum atomic E-state index is -0.0598. The molecule has 1 aromatic heterocycles. The van der Waals surface area contributed by atoms with E-state index in [1.54, 1.807) is 6.92 Å². The van der Waals surface area contributed by atoms with E-state index in [4.69, 9.17) is 5.73 Å². The number of nitrogens with two attached hydrogens (primary N) is 1. The molecule has 0 bridgehead atoms. The third-order valence-corrected chi connectivity index (χ3v) is 3.33. The first-order valence-corrected chi connectivity index (χ1v) is 5.93. The molecule has 0 aliphatic heterocycles. The Morgan fingerprint density at radius 2 is 2.13 bits per heavy atom. The predicted octanol–water partition coefficient (Wildman–Crippen LogP) is 1.95. The van der Waals surface area contributed by atoms with Crippen molar-refractivity contribution in [2.45, 2.75) is 39.7 Å². The van der Waals surface area contributed by atoms with Gasteiger partial charge < -0.3 is 11.1 Å². The van der Waals surface area contributed by atoms with Crippen LogP contribution < -0.4 is 11.1 Å². The first-order chi connectivity index (χ1) is 7.08. The summed E-state index contributed by atoms with van der Waals surface area (Å²) in [6.45, 7) is 5.92. The largest absolute Gasteiger partial charge is 0.375 e. The molecule has 0 radical (unpaired) electrons. The van der Waals surface area contributed by atoms with Crippen molar-refractivity contribution in [3.63, 3.8) is 0 Å². The maximum absolute atomic E-state index is 11.8. The number of hydrogen-bond acceptors (Lipinski definition) is 4. The van der Waals surface area contributed by atoms with E-state index < -0.39 is 0 Å². The van der Waals surface area contributed by atoms with E-state index in [1.807, 2.05) is 0 Å². The fraction of sp³-hybridized carbons (Fsp3) is 0.600. The molecule has 5 heteroatoms. The number of nitrogen functional groups attached to an aromatic ring is 1. The normalized spacial score (nSPS) is 10.7. The second-order valence-electron chi connectivity index (χ2n) is 3.45. The molecule has 0 aromatic carbocycles. The highest BCUT2D eigenvalue weighted by Gasteiger charge is 2.16. The molecule has 0 fully saturated rings. The van der Waals surface area contributed by atoms with Crippen LogP contribution in [0, 0.1) is 6.92 Å². The molecule has 0 spiro atoms. The Morgan fingerprint density at radius 1 is 1.53 bits per heavy atom. The monoisotopic (exact) mass is 227 g/mol. The molecule has 0 unspecified atom stereocenters. The lowest BCUT2D eigenvalue weighted by Crippen LogP contribution is -2.33. The summed E-state index contributed by atoms with van der Waals surface area (Å²) in [6.07, 6.45) is 1.88. The average Bonchev–Trinajstić information content (AvgIpc) is 2.54. The van der Waals surface area contributed by atoms with E-state index in [0.29, 0.717) is 15.7 Å². The number of nitrogens with zero attached hydrogens (tertiary/aromatic N) is 1. The average molecular weight is 227 g/mol. The van der Waals surface area contributed by atoms with Gasteiger partial charge in [0.25, 0.3) is 5.91 Å². The third-order valence-electron chi connectivity index (χ3n) is 2.34. The zero-order chi connectivity index (χ0) is 11.4. The molecule has 4 nitrogen and oxygen atoms in total. The standard InChI is InChI=1S/C10H17N3OS/c1-4-7(5-2)13-9(14)8-6(3)12-10(11)15-8/h7H,4-5H2,1-3H3,(H2,11,12)(H,13,14). The van der Waals surface area contributed by atoms with E-state index in [1.165, 1.54) is 11.3 Å². The number of anilines is 1. The van der Waals surface area contributed by atoms with Gasteiger partial charge in [-0.3, -0.25) is 4.79 Å². The van der Waals surface area contributed by atoms with Crippen molar-refractivity contribution in [3.05, 3.63) is 10.6 Å². The van der Waals surface area contributed by atoms with Crippen molar-refractivity contribution >= 4 is 22.4 Å². The molecule has 84 valence electrons. The van der Waals surface area contributed by atoms with Gasteiger partial charge in [-0.15, -0.1) is 0 Å². The number of rotatable bonds is 4. The van der Waals surface area contributed by atoms with Crippen molar-refractivity contribution in [2.75, 3.05) is 5.73 Å². The molecular formula is C10H17N3OS. The van der Waals surface area contributed by atoms with Crippen LogP contribution in [0.25, 0.3) is 0 Å². The highest BCUT2D eigenvalue weighted by molar-refractivity contribution is 7.17. The Bertz CT molecular complexity index is 344. The van der Waals surface area contributed by atoms with Gasteiger partial charge in [-0.1, -0.05) is 25.2 Å². The zero-order valence-electron chi connectivity index (χ0n) is 9.33. The van der Waals surface area contributed by atoms with Crippen LogP contribution >= 0.6 is 11.3 Å². The van der Waals surface area contributed by atoms with E-state index in [-0.39, 0.29) is 11.9 Å². The maximum Gasteiger partial charge on any atom is 0.263 e. The topological polar surface area (TPSA) is 68.0 Å². The van der Waals surface area contributed by atoms with Crippen LogP contribution in [0.3, 0.4) is 0 Å². The van der Waals surface area contributed by atoms with Crippen molar-refractivity contribution in [1.29, 1.82) is 0 Å². The summed E-state index contributed by atoms with van der Waals surface area (Å²) in [5, 5.41) is 3.41. The summed E-state index contributed by atoms with van der Waals surface area (Å²) in [5.41, 5.74) is 6.25. The number of nitrogens with one attached hydrogen (secondary N) is 1. The second kappa shape index (κ2) is 5.11. The lowest BCUT2D eigenvalue weighted by molar-refractivity contribution is 0.0938. The van der Waals surface area contributed by atoms with Gasteiger partial charge in [0.15, 0.2) is 5.13 Å². The number of amides is 1. The molecule has 0 atom stereocenters. The molecule has 3 N–H and O–H groups in total. The first kappa shape index (κ1) is 12.0. The van der Waals surface area contributed by atoms with Gasteiger partial charge >= 0.3 is 0 Å². The van der Waals surface area contributed by atoms with Crippen molar-refractivity contribution in [2.24, 2.45) is 0 Å². The minimum absolute atomic E-state index is 0.0598. The van der Waals surface area contributed by atoms with Gasteiger partial charge in [0, 0.05) is 6.04 Å². The first-order valence-electron chi connectivity index (χ1n) is 5.12. The van der Waals surface area contributed by atoms with E-state index in [2.05, 4.69) is 24.1 Å². The summed E-state index contributed by atoms with van der Waals surface area (Å²) >= 11 is 1.24. The predicted molar refractivity (Wildman–Crippen MR) is 63.1 cm³/mol. The van der Waals surface area contributed by atoms with Crippen LogP contribution in [0.5, 0.6) is 0 Å². The lowest BCUT2D eigenvalue weighted by Gasteiger charge is -2.13. The minimum Gasteiger partial charge on any atom is -0.375 e. The quantitative estimate of drug-likeness (QED) is 0.826. The molecule has 0 aliphatic carbocycles. The van der Waals surface area contributed by atoms with Gasteiger partial charge in [-0.25, -0.2) is 4.98 Å². The van der Waals surface area contributed by atoms with Crippen molar-refractivity contribution < 1.29 is 4.79 Å². The third kappa shape index (κ3) is 2.92. The van der Waals surface area contributed by atoms with Gasteiger partial charge in [0.1, 0.15) is 4.88 Å². The Kier molecular flexibility index (Phi) is 4.08. The van der Waals surface area contributed by atoms with Gasteiger partial charge in [-0.05, 0) is 19.8 Å². The van der Waals surface area contributed by atoms with E-state index >= 15 is 0 Å². The van der Waals surface area contributed by atoms with Crippen LogP contribution in [0.4, 0.5) is 5.13 Å². The van der Waals surface area contributed by atoms with E-state index in [0.717, 1.165) is 12.8 Å². The van der Waals surface area contributed by atoms with Crippen LogP contribution in [0.1, 0.15) is 42.1 Å². The molecule has 15 heavy (non-hydrogen) atoms. The van der Waals surface area contributed by atoms with E-state index in [9.17, 15) is 4.79 Å². The van der Waals surface area contributed by atoms with Crippen molar-refractivity contribution in [3.8, 4) is 0 Å². The van der Waals surface area contributed by atoms with Crippen LogP contribution in [0.15, 0.2) is 0 Å². The number of aryl methyl sites for hydroxylation is 1. The van der Waals surface area contributed by atoms with Crippen LogP contribution in [0.2, 0.25) is 0 Å². The molecule has 0 aliphatic rings. The Balaban J connectivity index is 2.72. The lowest BCUT2D eigenvalue weighted by atomic mass is 10.1. The molecule has 1 amide bonds. The number of carbonyl (C=O) groups excluding carboxylic acids is 1. The van der Waals surface area contributed by atoms with Crippen LogP contribution in [-0.2, 0) is 0 Å². The van der Waals surface area contributed by atoms with Crippen LogP contribution in [-0.4, -0.2) is 16.9 Å². The number of aromatic nitrogens is 1. The van der Waals surface area contributed by atoms with Gasteiger partial charge in [0.2, 0.25) is 0 Å². The number of thiazole rings is 1. The number of carbonyl (C=O) groups is 1.